The second-order valence-electron chi connectivity index (χ2n) is 8.70. The molecule has 2 aromatic rings. The Morgan fingerprint density at radius 3 is 2.55 bits per heavy atom. The molecule has 0 aliphatic heterocycles. The van der Waals surface area contributed by atoms with E-state index in [0.29, 0.717) is 29.5 Å². The molecule has 1 aliphatic carbocycles. The minimum Gasteiger partial charge on any atom is -0.507 e. The third kappa shape index (κ3) is 5.69. The van der Waals surface area contributed by atoms with Crippen molar-refractivity contribution in [3.05, 3.63) is 47.5 Å². The molecule has 0 spiro atoms. The Hall–Kier alpha value is -2.97. The highest BCUT2D eigenvalue weighted by atomic mass is 19.1. The molecule has 0 fully saturated rings. The lowest BCUT2D eigenvalue weighted by molar-refractivity contribution is -0.131. The number of pyridine rings is 1. The molecule has 8 heteroatoms. The van der Waals surface area contributed by atoms with Crippen LogP contribution in [0.2, 0.25) is 0 Å². The van der Waals surface area contributed by atoms with Gasteiger partial charge in [0.05, 0.1) is 18.6 Å². The SMILES string of the molecule is CC(=O)CC(=O)C(CO)C(CCO)CC1CC(=O)c2c(O)ccc(-c3ccc(F)nc3)c2C1. The number of phenols is 1. The molecule has 7 nitrogen and oxygen atoms in total. The van der Waals surface area contributed by atoms with Crippen molar-refractivity contribution in [3.8, 4) is 16.9 Å². The van der Waals surface area contributed by atoms with Gasteiger partial charge >= 0.3 is 0 Å². The van der Waals surface area contributed by atoms with E-state index in [-0.39, 0.29) is 60.4 Å². The molecule has 3 rings (SSSR count). The summed E-state index contributed by atoms with van der Waals surface area (Å²) in [4.78, 5) is 40.6. The Morgan fingerprint density at radius 2 is 1.94 bits per heavy atom. The largest absolute Gasteiger partial charge is 0.507 e. The molecule has 0 saturated heterocycles. The first-order chi connectivity index (χ1) is 15.7. The molecule has 176 valence electrons. The first-order valence-corrected chi connectivity index (χ1v) is 11.0. The summed E-state index contributed by atoms with van der Waals surface area (Å²) < 4.78 is 13.3. The van der Waals surface area contributed by atoms with E-state index in [1.54, 1.807) is 12.1 Å². The van der Waals surface area contributed by atoms with Crippen LogP contribution in [0.25, 0.3) is 11.1 Å². The maximum absolute atomic E-state index is 13.3. The Bertz CT molecular complexity index is 1040. The van der Waals surface area contributed by atoms with Gasteiger partial charge in [-0.3, -0.25) is 14.4 Å². The number of ketones is 3. The van der Waals surface area contributed by atoms with Gasteiger partial charge in [-0.25, -0.2) is 4.98 Å². The number of aliphatic hydroxyl groups excluding tert-OH is 2. The lowest BCUT2D eigenvalue weighted by atomic mass is 9.72. The molecular weight excluding hydrogens is 429 g/mol. The number of aliphatic hydroxyl groups is 2. The number of benzene rings is 1. The van der Waals surface area contributed by atoms with Crippen LogP contribution < -0.4 is 0 Å². The summed E-state index contributed by atoms with van der Waals surface area (Å²) >= 11 is 0. The number of aromatic nitrogens is 1. The number of aromatic hydroxyl groups is 1. The highest BCUT2D eigenvalue weighted by molar-refractivity contribution is 6.03. The fourth-order valence-electron chi connectivity index (χ4n) is 4.82. The average molecular weight is 457 g/mol. The first kappa shape index (κ1) is 24.7. The lowest BCUT2D eigenvalue weighted by Gasteiger charge is -2.31. The molecule has 3 atom stereocenters. The van der Waals surface area contributed by atoms with Crippen molar-refractivity contribution in [3.63, 3.8) is 0 Å². The second-order valence-corrected chi connectivity index (χ2v) is 8.70. The number of fused-ring (bicyclic) bond motifs is 1. The molecule has 33 heavy (non-hydrogen) atoms. The van der Waals surface area contributed by atoms with Crippen LogP contribution in [0.4, 0.5) is 4.39 Å². The van der Waals surface area contributed by atoms with E-state index >= 15 is 0 Å². The van der Waals surface area contributed by atoms with Gasteiger partial charge < -0.3 is 15.3 Å². The smallest absolute Gasteiger partial charge is 0.212 e. The van der Waals surface area contributed by atoms with Gasteiger partial charge in [0.1, 0.15) is 17.3 Å². The third-order valence-electron chi connectivity index (χ3n) is 6.31. The van der Waals surface area contributed by atoms with Crippen molar-refractivity contribution >= 4 is 17.3 Å². The summed E-state index contributed by atoms with van der Waals surface area (Å²) in [5, 5.41) is 29.7. The van der Waals surface area contributed by atoms with Crippen LogP contribution >= 0.6 is 0 Å². The minimum absolute atomic E-state index is 0.121. The summed E-state index contributed by atoms with van der Waals surface area (Å²) in [6.45, 7) is 0.669. The zero-order chi connectivity index (χ0) is 24.1. The number of hydrogen-bond acceptors (Lipinski definition) is 7. The van der Waals surface area contributed by atoms with Crippen molar-refractivity contribution in [2.45, 2.75) is 39.0 Å². The maximum Gasteiger partial charge on any atom is 0.212 e. The van der Waals surface area contributed by atoms with Crippen molar-refractivity contribution < 1.29 is 34.1 Å². The van der Waals surface area contributed by atoms with Crippen molar-refractivity contribution in [1.29, 1.82) is 0 Å². The van der Waals surface area contributed by atoms with Gasteiger partial charge in [-0.1, -0.05) is 6.07 Å². The van der Waals surface area contributed by atoms with Gasteiger partial charge in [-0.2, -0.15) is 4.39 Å². The third-order valence-corrected chi connectivity index (χ3v) is 6.31. The topological polar surface area (TPSA) is 125 Å². The van der Waals surface area contributed by atoms with Gasteiger partial charge in [-0.05, 0) is 67.3 Å². The Kier molecular flexibility index (Phi) is 8.05. The van der Waals surface area contributed by atoms with Crippen LogP contribution in [0.15, 0.2) is 30.5 Å². The van der Waals surface area contributed by atoms with Crippen LogP contribution in [0.3, 0.4) is 0 Å². The number of nitrogens with zero attached hydrogens (tertiary/aromatic N) is 1. The van der Waals surface area contributed by atoms with E-state index in [1.807, 2.05) is 0 Å². The molecule has 3 N–H and O–H groups in total. The Balaban J connectivity index is 1.91. The normalized spacial score (nSPS) is 17.3. The number of rotatable bonds is 10. The van der Waals surface area contributed by atoms with Crippen molar-refractivity contribution in [1.82, 2.24) is 4.98 Å². The van der Waals surface area contributed by atoms with Crippen molar-refractivity contribution in [2.24, 2.45) is 17.8 Å². The number of halogens is 1. The summed E-state index contributed by atoms with van der Waals surface area (Å²) in [5.41, 5.74) is 2.14. The lowest BCUT2D eigenvalue weighted by Crippen LogP contribution is -2.32. The van der Waals surface area contributed by atoms with Crippen LogP contribution in [-0.2, 0) is 16.0 Å². The number of hydrogen-bond donors (Lipinski definition) is 3. The maximum atomic E-state index is 13.3. The van der Waals surface area contributed by atoms with Crippen LogP contribution in [0, 0.1) is 23.7 Å². The molecule has 1 aliphatic rings. The van der Waals surface area contributed by atoms with Gasteiger partial charge in [0, 0.05) is 30.7 Å². The molecule has 1 aromatic carbocycles. The summed E-state index contributed by atoms with van der Waals surface area (Å²) in [5.74, 6) is -3.06. The summed E-state index contributed by atoms with van der Waals surface area (Å²) in [7, 11) is 0. The van der Waals surface area contributed by atoms with Gasteiger partial charge in [0.2, 0.25) is 5.95 Å². The van der Waals surface area contributed by atoms with E-state index in [1.165, 1.54) is 25.3 Å². The molecule has 3 unspecified atom stereocenters. The highest BCUT2D eigenvalue weighted by Gasteiger charge is 2.35. The molecule has 0 radical (unpaired) electrons. The number of phenolic OH excluding ortho intramolecular Hbond substituents is 1. The molecular formula is C25H28FNO6. The predicted octanol–water partition coefficient (Wildman–Crippen LogP) is 2.88. The number of carbonyl (C=O) groups excluding carboxylic acids is 3. The van der Waals surface area contributed by atoms with Gasteiger partial charge in [-0.15, -0.1) is 0 Å². The Labute approximate surface area is 191 Å². The standard InChI is InChI=1S/C25H28FNO6/c1-14(30)8-22(32)20(13-29)16(6-7-28)9-15-10-19-18(17-2-5-24(26)27-12-17)3-4-21(31)25(19)23(33)11-15/h2-5,12,15-16,20,28-29,31H,6-11,13H2,1H3. The van der Waals surface area contributed by atoms with E-state index in [9.17, 15) is 34.1 Å². The summed E-state index contributed by atoms with van der Waals surface area (Å²) in [6, 6.07) is 5.88. The number of Topliss-reactive ketones (excluding diaryl/α,β-unsaturated/α-hetero) is 3. The monoisotopic (exact) mass is 457 g/mol. The first-order valence-electron chi connectivity index (χ1n) is 11.0. The van der Waals surface area contributed by atoms with Crippen LogP contribution in [0.1, 0.15) is 48.5 Å². The highest BCUT2D eigenvalue weighted by Crippen LogP contribution is 2.41. The molecule has 0 bridgehead atoms. The van der Waals surface area contributed by atoms with Gasteiger partial charge in [0.25, 0.3) is 0 Å². The van der Waals surface area contributed by atoms with E-state index in [0.717, 1.165) is 0 Å². The predicted molar refractivity (Wildman–Crippen MR) is 118 cm³/mol. The molecule has 1 heterocycles. The number of carbonyl (C=O) groups is 3. The second kappa shape index (κ2) is 10.8. The molecule has 0 amide bonds. The quantitative estimate of drug-likeness (QED) is 0.370. The average Bonchev–Trinajstić information content (AvgIpc) is 2.74. The van der Waals surface area contributed by atoms with Gasteiger partial charge in [0.15, 0.2) is 5.78 Å². The fourth-order valence-corrected chi connectivity index (χ4v) is 4.82. The van der Waals surface area contributed by atoms with E-state index in [4.69, 9.17) is 0 Å². The van der Waals surface area contributed by atoms with E-state index in [2.05, 4.69) is 4.98 Å². The zero-order valence-electron chi connectivity index (χ0n) is 18.5. The van der Waals surface area contributed by atoms with Crippen LogP contribution in [0.5, 0.6) is 5.75 Å². The summed E-state index contributed by atoms with van der Waals surface area (Å²) in [6.07, 6.45) is 2.29. The minimum atomic E-state index is -0.803. The fraction of sp³-hybridized carbons (Fsp3) is 0.440. The zero-order valence-corrected chi connectivity index (χ0v) is 18.5. The Morgan fingerprint density at radius 1 is 1.18 bits per heavy atom. The molecule has 1 aromatic heterocycles. The van der Waals surface area contributed by atoms with Crippen molar-refractivity contribution in [2.75, 3.05) is 13.2 Å². The van der Waals surface area contributed by atoms with Crippen LogP contribution in [-0.4, -0.2) is 50.9 Å². The van der Waals surface area contributed by atoms with E-state index < -0.39 is 24.4 Å². The molecule has 0 saturated carbocycles.